The Morgan fingerprint density at radius 2 is 2.23 bits per heavy atom. The van der Waals surface area contributed by atoms with E-state index in [1.807, 2.05) is 0 Å². The highest BCUT2D eigenvalue weighted by Crippen LogP contribution is 2.23. The van der Waals surface area contributed by atoms with Gasteiger partial charge in [0.25, 0.3) is 11.0 Å². The van der Waals surface area contributed by atoms with E-state index in [9.17, 15) is 8.42 Å². The van der Waals surface area contributed by atoms with E-state index in [0.29, 0.717) is 5.75 Å². The first-order chi connectivity index (χ1) is 6.25. The third kappa shape index (κ3) is 1.78. The highest BCUT2D eigenvalue weighted by Gasteiger charge is 1.99. The first kappa shape index (κ1) is 8.46. The van der Waals surface area contributed by atoms with Crippen LogP contribution in [0, 0.1) is 0 Å². The van der Waals surface area contributed by atoms with Gasteiger partial charge in [-0.25, -0.2) is 4.98 Å². The molecule has 0 N–H and O–H groups in total. The molecule has 0 saturated heterocycles. The Kier molecular flexibility index (Phi) is 2.15. The fourth-order valence-corrected chi connectivity index (χ4v) is 1.97. The van der Waals surface area contributed by atoms with Gasteiger partial charge in [-0.05, 0) is 12.1 Å². The highest BCUT2D eigenvalue weighted by atomic mass is 32.2. The molecule has 0 fully saturated rings. The van der Waals surface area contributed by atoms with Crippen LogP contribution in [0.2, 0.25) is 0 Å². The van der Waals surface area contributed by atoms with E-state index in [1.165, 1.54) is 11.3 Å². The number of hydrogen-bond donors (Lipinski definition) is 1. The van der Waals surface area contributed by atoms with Crippen molar-refractivity contribution in [3.8, 4) is 5.75 Å². The minimum atomic E-state index is -2.83. The van der Waals surface area contributed by atoms with E-state index in [1.54, 1.807) is 23.7 Å². The van der Waals surface area contributed by atoms with Crippen LogP contribution in [0.25, 0.3) is 10.2 Å². The first-order valence-corrected chi connectivity index (χ1v) is 5.39. The van der Waals surface area contributed by atoms with Gasteiger partial charge in [0.1, 0.15) is 5.75 Å². The van der Waals surface area contributed by atoms with Crippen LogP contribution in [0.5, 0.6) is 5.75 Å². The third-order valence-electron chi connectivity index (χ3n) is 1.48. The number of thiol groups is 1. The number of benzene rings is 1. The second-order valence-corrected chi connectivity index (χ2v) is 3.81. The predicted octanol–water partition coefficient (Wildman–Crippen LogP) is 1.20. The van der Waals surface area contributed by atoms with E-state index in [0.717, 1.165) is 10.2 Å². The summed E-state index contributed by atoms with van der Waals surface area (Å²) in [5.41, 5.74) is 2.55. The van der Waals surface area contributed by atoms with Crippen LogP contribution < -0.4 is 4.18 Å². The lowest BCUT2D eigenvalue weighted by Crippen LogP contribution is -1.88. The molecular formula is C7H5NO3S2. The molecule has 0 saturated carbocycles. The van der Waals surface area contributed by atoms with Crippen molar-refractivity contribution in [3.05, 3.63) is 23.7 Å². The molecule has 0 unspecified atom stereocenters. The zero-order valence-electron chi connectivity index (χ0n) is 6.34. The van der Waals surface area contributed by atoms with E-state index in [2.05, 4.69) is 9.17 Å². The summed E-state index contributed by atoms with van der Waals surface area (Å²) in [5, 5.41) is 0. The minimum absolute atomic E-state index is 0.327. The fourth-order valence-electron chi connectivity index (χ4n) is 0.978. The number of thiazole rings is 1. The minimum Gasteiger partial charge on any atom is -0.384 e. The van der Waals surface area contributed by atoms with Crippen LogP contribution in [0.15, 0.2) is 23.7 Å². The average Bonchev–Trinajstić information content (AvgIpc) is 2.49. The van der Waals surface area contributed by atoms with Crippen LogP contribution in [0.3, 0.4) is 0 Å². The summed E-state index contributed by atoms with van der Waals surface area (Å²) in [5.74, 6) is 0.327. The number of rotatable bonds is 2. The van der Waals surface area contributed by atoms with Gasteiger partial charge in [0, 0.05) is 6.07 Å². The van der Waals surface area contributed by atoms with E-state index in [-0.39, 0.29) is 0 Å². The molecule has 0 amide bonds. The van der Waals surface area contributed by atoms with Gasteiger partial charge in [-0.2, -0.15) is 8.42 Å². The molecule has 68 valence electrons. The molecule has 2 aromatic rings. The fraction of sp³-hybridized carbons (Fsp3) is 0. The van der Waals surface area contributed by atoms with Crippen molar-refractivity contribution in [1.29, 1.82) is 0 Å². The SMILES string of the molecule is O=[SH](=O)Oc1ccc2ncsc2c1. The van der Waals surface area contributed by atoms with Gasteiger partial charge in [-0.1, -0.05) is 0 Å². The molecule has 0 atom stereocenters. The summed E-state index contributed by atoms with van der Waals surface area (Å²) in [6.45, 7) is 0. The molecule has 1 heterocycles. The molecule has 0 spiro atoms. The van der Waals surface area contributed by atoms with Gasteiger partial charge in [0.05, 0.1) is 15.7 Å². The molecule has 0 aliphatic rings. The Labute approximate surface area is 80.0 Å². The maximum Gasteiger partial charge on any atom is 0.299 e. The molecular weight excluding hydrogens is 210 g/mol. The number of hydrogen-bond acceptors (Lipinski definition) is 5. The Morgan fingerprint density at radius 3 is 3.00 bits per heavy atom. The lowest BCUT2D eigenvalue weighted by Gasteiger charge is -1.95. The lowest BCUT2D eigenvalue weighted by atomic mass is 10.3. The molecule has 2 rings (SSSR count). The maximum atomic E-state index is 10.2. The molecule has 0 bridgehead atoms. The summed E-state index contributed by atoms with van der Waals surface area (Å²) >= 11 is 1.44. The quantitative estimate of drug-likeness (QED) is 0.765. The van der Waals surface area contributed by atoms with Gasteiger partial charge in [0.15, 0.2) is 0 Å². The van der Waals surface area contributed by atoms with Crippen molar-refractivity contribution in [2.75, 3.05) is 0 Å². The Balaban J connectivity index is 2.48. The predicted molar refractivity (Wildman–Crippen MR) is 50.6 cm³/mol. The molecule has 1 aromatic heterocycles. The van der Waals surface area contributed by atoms with Crippen molar-refractivity contribution in [2.24, 2.45) is 0 Å². The standard InChI is InChI=1S/C7H5NO3S2/c9-13(10)11-5-1-2-6-7(3-5)12-4-8-6/h1-4,13H. The van der Waals surface area contributed by atoms with E-state index >= 15 is 0 Å². The molecule has 4 nitrogen and oxygen atoms in total. The molecule has 0 radical (unpaired) electrons. The number of nitrogens with zero attached hydrogens (tertiary/aromatic N) is 1. The topological polar surface area (TPSA) is 56.3 Å². The second kappa shape index (κ2) is 3.31. The van der Waals surface area contributed by atoms with Crippen LogP contribution in [0.1, 0.15) is 0 Å². The highest BCUT2D eigenvalue weighted by molar-refractivity contribution is 7.67. The van der Waals surface area contributed by atoms with E-state index < -0.39 is 11.0 Å². The molecule has 6 heteroatoms. The largest absolute Gasteiger partial charge is 0.384 e. The maximum absolute atomic E-state index is 10.2. The summed E-state index contributed by atoms with van der Waals surface area (Å²) < 4.78 is 25.9. The smallest absolute Gasteiger partial charge is 0.299 e. The van der Waals surface area contributed by atoms with E-state index in [4.69, 9.17) is 0 Å². The summed E-state index contributed by atoms with van der Waals surface area (Å²) in [7, 11) is -2.83. The zero-order chi connectivity index (χ0) is 9.26. The van der Waals surface area contributed by atoms with Crippen molar-refractivity contribution in [3.63, 3.8) is 0 Å². The first-order valence-electron chi connectivity index (χ1n) is 3.41. The van der Waals surface area contributed by atoms with Crippen molar-refractivity contribution < 1.29 is 12.6 Å². The molecule has 0 aliphatic heterocycles. The van der Waals surface area contributed by atoms with Gasteiger partial charge < -0.3 is 4.18 Å². The summed E-state index contributed by atoms with van der Waals surface area (Å²) in [6, 6.07) is 4.95. The van der Waals surface area contributed by atoms with Crippen molar-refractivity contribution in [2.45, 2.75) is 0 Å². The third-order valence-corrected chi connectivity index (χ3v) is 2.63. The van der Waals surface area contributed by atoms with Crippen molar-refractivity contribution >= 4 is 32.5 Å². The Hall–Kier alpha value is -1.14. The lowest BCUT2D eigenvalue weighted by molar-refractivity contribution is 0.511. The zero-order valence-corrected chi connectivity index (χ0v) is 8.05. The molecule has 0 aliphatic carbocycles. The van der Waals surface area contributed by atoms with Gasteiger partial charge in [-0.3, -0.25) is 0 Å². The number of fused-ring (bicyclic) bond motifs is 1. The normalized spacial score (nSPS) is 10.8. The Bertz CT molecular complexity index is 495. The molecule has 13 heavy (non-hydrogen) atoms. The van der Waals surface area contributed by atoms with Crippen LogP contribution in [0.4, 0.5) is 0 Å². The van der Waals surface area contributed by atoms with Crippen LogP contribution >= 0.6 is 11.3 Å². The van der Waals surface area contributed by atoms with Crippen molar-refractivity contribution in [1.82, 2.24) is 4.98 Å². The Morgan fingerprint density at radius 1 is 1.38 bits per heavy atom. The van der Waals surface area contributed by atoms with Crippen LogP contribution in [-0.4, -0.2) is 13.4 Å². The average molecular weight is 215 g/mol. The van der Waals surface area contributed by atoms with Gasteiger partial charge in [-0.15, -0.1) is 11.3 Å². The summed E-state index contributed by atoms with van der Waals surface area (Å²) in [6.07, 6.45) is 0. The number of aromatic nitrogens is 1. The van der Waals surface area contributed by atoms with Crippen LogP contribution in [-0.2, 0) is 11.0 Å². The summed E-state index contributed by atoms with van der Waals surface area (Å²) in [4.78, 5) is 4.05. The molecule has 1 aromatic carbocycles. The monoisotopic (exact) mass is 215 g/mol. The van der Waals surface area contributed by atoms with Gasteiger partial charge >= 0.3 is 0 Å². The second-order valence-electron chi connectivity index (χ2n) is 2.30. The van der Waals surface area contributed by atoms with Gasteiger partial charge in [0.2, 0.25) is 0 Å².